The number of hydrogen-bond acceptors (Lipinski definition) is 5. The molecule has 1 heterocycles. The van der Waals surface area contributed by atoms with Gasteiger partial charge in [-0.3, -0.25) is 0 Å². The van der Waals surface area contributed by atoms with Crippen LogP contribution >= 0.6 is 12.6 Å². The van der Waals surface area contributed by atoms with Gasteiger partial charge in [-0.2, -0.15) is 12.6 Å². The zero-order chi connectivity index (χ0) is 15.1. The predicted octanol–water partition coefficient (Wildman–Crippen LogP) is 2.78. The van der Waals surface area contributed by atoms with Gasteiger partial charge in [0.1, 0.15) is 12.1 Å². The highest BCUT2D eigenvalue weighted by Gasteiger charge is 2.28. The fourth-order valence-corrected chi connectivity index (χ4v) is 2.48. The van der Waals surface area contributed by atoms with Gasteiger partial charge >= 0.3 is 0 Å². The second kappa shape index (κ2) is 8.08. The third-order valence-electron chi connectivity index (χ3n) is 3.17. The molecule has 0 saturated carbocycles. The van der Waals surface area contributed by atoms with E-state index in [2.05, 4.69) is 29.8 Å². The summed E-state index contributed by atoms with van der Waals surface area (Å²) < 4.78 is 11.3. The van der Waals surface area contributed by atoms with Crippen molar-refractivity contribution in [2.45, 2.75) is 32.4 Å². The Kier molecular flexibility index (Phi) is 6.11. The fraction of sp³-hybridized carbons (Fsp3) is 0.500. The Labute approximate surface area is 131 Å². The van der Waals surface area contributed by atoms with Crippen LogP contribution < -0.4 is 0 Å². The van der Waals surface area contributed by atoms with Crippen molar-refractivity contribution >= 4 is 24.4 Å². The van der Waals surface area contributed by atoms with E-state index in [1.54, 1.807) is 0 Å². The minimum atomic E-state index is -0.151. The highest BCUT2D eigenvalue weighted by molar-refractivity contribution is 7.80. The number of thiol groups is 1. The van der Waals surface area contributed by atoms with Crippen molar-refractivity contribution in [1.82, 2.24) is 0 Å². The van der Waals surface area contributed by atoms with E-state index in [0.717, 1.165) is 6.42 Å². The molecule has 1 aromatic carbocycles. The molecule has 1 aromatic rings. The number of rotatable bonds is 5. The van der Waals surface area contributed by atoms with Gasteiger partial charge in [0, 0.05) is 12.2 Å². The van der Waals surface area contributed by atoms with E-state index < -0.39 is 0 Å². The normalized spacial score (nSPS) is 21.5. The second-order valence-corrected chi connectivity index (χ2v) is 5.07. The van der Waals surface area contributed by atoms with Crippen LogP contribution in [0.3, 0.4) is 0 Å². The van der Waals surface area contributed by atoms with Gasteiger partial charge in [0.05, 0.1) is 13.2 Å². The van der Waals surface area contributed by atoms with Crippen molar-refractivity contribution in [3.05, 3.63) is 35.9 Å². The first-order valence-electron chi connectivity index (χ1n) is 7.34. The quantitative estimate of drug-likeness (QED) is 0.850. The van der Waals surface area contributed by atoms with Gasteiger partial charge in [0.2, 0.25) is 11.8 Å². The maximum Gasteiger partial charge on any atom is 0.210 e. The number of ether oxygens (including phenoxy) is 2. The van der Waals surface area contributed by atoms with Crippen LogP contribution in [0, 0.1) is 0 Å². The molecular weight excluding hydrogens is 284 g/mol. The van der Waals surface area contributed by atoms with Gasteiger partial charge in [-0.25, -0.2) is 9.98 Å². The molecule has 0 bridgehead atoms. The number of hydrogen-bond donors (Lipinski definition) is 1. The van der Waals surface area contributed by atoms with Crippen molar-refractivity contribution in [2.75, 3.05) is 19.0 Å². The molecular formula is C16H22N2O2S. The summed E-state index contributed by atoms with van der Waals surface area (Å²) in [6.45, 7) is 5.08. The summed E-state index contributed by atoms with van der Waals surface area (Å²) in [5.41, 5.74) is 1.21. The van der Waals surface area contributed by atoms with Gasteiger partial charge in [0.15, 0.2) is 0 Å². The molecule has 5 heteroatoms. The minimum Gasteiger partial charge on any atom is -0.480 e. The molecule has 1 aliphatic heterocycles. The molecule has 0 aromatic heterocycles. The third kappa shape index (κ3) is 4.24. The Morgan fingerprint density at radius 2 is 1.52 bits per heavy atom. The SMILES string of the molecule is CCOC1=N[C@H](Cc2ccccc2)C(OCC)=N[C@H]1CS. The predicted molar refractivity (Wildman–Crippen MR) is 89.7 cm³/mol. The zero-order valence-electron chi connectivity index (χ0n) is 12.5. The second-order valence-electron chi connectivity index (χ2n) is 4.70. The smallest absolute Gasteiger partial charge is 0.210 e. The van der Waals surface area contributed by atoms with Crippen LogP contribution in [0.4, 0.5) is 0 Å². The van der Waals surface area contributed by atoms with Crippen LogP contribution in [0.25, 0.3) is 0 Å². The summed E-state index contributed by atoms with van der Waals surface area (Å²) in [5.74, 6) is 1.91. The van der Waals surface area contributed by atoms with Crippen molar-refractivity contribution < 1.29 is 9.47 Å². The van der Waals surface area contributed by atoms with Crippen LogP contribution in [0.5, 0.6) is 0 Å². The van der Waals surface area contributed by atoms with Gasteiger partial charge < -0.3 is 9.47 Å². The molecule has 0 aliphatic carbocycles. The lowest BCUT2D eigenvalue weighted by Gasteiger charge is -2.25. The van der Waals surface area contributed by atoms with E-state index >= 15 is 0 Å². The van der Waals surface area contributed by atoms with E-state index in [4.69, 9.17) is 14.5 Å². The van der Waals surface area contributed by atoms with Crippen molar-refractivity contribution in [2.24, 2.45) is 9.98 Å². The lowest BCUT2D eigenvalue weighted by atomic mass is 10.0. The molecule has 1 aliphatic rings. The summed E-state index contributed by atoms with van der Waals surface area (Å²) >= 11 is 4.33. The first kappa shape index (κ1) is 15.9. The molecule has 0 saturated heterocycles. The molecule has 21 heavy (non-hydrogen) atoms. The molecule has 4 nitrogen and oxygen atoms in total. The van der Waals surface area contributed by atoms with E-state index in [0.29, 0.717) is 30.8 Å². The molecule has 0 spiro atoms. The molecule has 2 rings (SSSR count). The van der Waals surface area contributed by atoms with E-state index in [1.165, 1.54) is 5.56 Å². The lowest BCUT2D eigenvalue weighted by Crippen LogP contribution is -2.37. The van der Waals surface area contributed by atoms with Crippen LogP contribution in [0.1, 0.15) is 19.4 Å². The Morgan fingerprint density at radius 1 is 0.952 bits per heavy atom. The average molecular weight is 306 g/mol. The topological polar surface area (TPSA) is 43.2 Å². The minimum absolute atomic E-state index is 0.120. The van der Waals surface area contributed by atoms with Gasteiger partial charge in [0.25, 0.3) is 0 Å². The van der Waals surface area contributed by atoms with Crippen molar-refractivity contribution in [1.29, 1.82) is 0 Å². The third-order valence-corrected chi connectivity index (χ3v) is 3.51. The van der Waals surface area contributed by atoms with Crippen molar-refractivity contribution in [3.63, 3.8) is 0 Å². The van der Waals surface area contributed by atoms with Gasteiger partial charge in [-0.15, -0.1) is 0 Å². The molecule has 0 unspecified atom stereocenters. The number of benzene rings is 1. The Bertz CT molecular complexity index is 502. The monoisotopic (exact) mass is 306 g/mol. The zero-order valence-corrected chi connectivity index (χ0v) is 13.4. The molecule has 0 amide bonds. The summed E-state index contributed by atoms with van der Waals surface area (Å²) in [6.07, 6.45) is 0.759. The lowest BCUT2D eigenvalue weighted by molar-refractivity contribution is 0.286. The molecule has 0 N–H and O–H groups in total. The largest absolute Gasteiger partial charge is 0.480 e. The summed E-state index contributed by atoms with van der Waals surface area (Å²) in [6, 6.07) is 9.97. The van der Waals surface area contributed by atoms with Crippen LogP contribution in [-0.2, 0) is 15.9 Å². The molecule has 2 atom stereocenters. The van der Waals surface area contributed by atoms with Crippen LogP contribution in [0.15, 0.2) is 40.3 Å². The first-order valence-corrected chi connectivity index (χ1v) is 7.97. The Morgan fingerprint density at radius 3 is 2.10 bits per heavy atom. The Balaban J connectivity index is 2.21. The number of nitrogens with zero attached hydrogens (tertiary/aromatic N) is 2. The van der Waals surface area contributed by atoms with Gasteiger partial charge in [-0.05, 0) is 19.4 Å². The molecule has 0 fully saturated rings. The van der Waals surface area contributed by atoms with E-state index in [9.17, 15) is 0 Å². The standard InChI is InChI=1S/C16H22N2O2S/c1-3-19-15-13(10-12-8-6-5-7-9-12)17-16(20-4-2)14(11-21)18-15/h5-9,13-14,21H,3-4,10-11H2,1-2H3/t13-,14+/m1/s1. The average Bonchev–Trinajstić information content (AvgIpc) is 2.51. The maximum atomic E-state index is 5.68. The van der Waals surface area contributed by atoms with E-state index in [1.807, 2.05) is 32.0 Å². The Hall–Kier alpha value is -1.49. The highest BCUT2D eigenvalue weighted by atomic mass is 32.1. The summed E-state index contributed by atoms with van der Waals surface area (Å²) in [5, 5.41) is 0. The fourth-order valence-electron chi connectivity index (χ4n) is 2.24. The van der Waals surface area contributed by atoms with E-state index in [-0.39, 0.29) is 12.1 Å². The molecule has 0 radical (unpaired) electrons. The summed E-state index contributed by atoms with van der Waals surface area (Å²) in [7, 11) is 0. The maximum absolute atomic E-state index is 5.68. The molecule has 114 valence electrons. The van der Waals surface area contributed by atoms with Crippen LogP contribution in [0.2, 0.25) is 0 Å². The van der Waals surface area contributed by atoms with Gasteiger partial charge in [-0.1, -0.05) is 30.3 Å². The van der Waals surface area contributed by atoms with Crippen molar-refractivity contribution in [3.8, 4) is 0 Å². The summed E-state index contributed by atoms with van der Waals surface area (Å²) in [4.78, 5) is 9.34. The van der Waals surface area contributed by atoms with Crippen LogP contribution in [-0.4, -0.2) is 42.8 Å². The number of aliphatic imine (C=N–C) groups is 2. The highest BCUT2D eigenvalue weighted by Crippen LogP contribution is 2.17. The first-order chi connectivity index (χ1) is 10.3.